The Labute approximate surface area is 91.8 Å². The van der Waals surface area contributed by atoms with Gasteiger partial charge in [0.15, 0.2) is 0 Å². The van der Waals surface area contributed by atoms with E-state index in [0.29, 0.717) is 26.3 Å². The third-order valence-corrected chi connectivity index (χ3v) is 2.74. The standard InChI is InChI=1S/C11H23NO3/c1-3-15-8-10(13)7-12-6-4-5-11(2,14)9-12/h10,13-14H,3-9H2,1-2H3. The molecule has 90 valence electrons. The van der Waals surface area contributed by atoms with Crippen molar-refractivity contribution in [2.45, 2.75) is 38.4 Å². The molecule has 0 bridgehead atoms. The van der Waals surface area contributed by atoms with E-state index < -0.39 is 11.7 Å². The number of ether oxygens (including phenoxy) is 1. The van der Waals surface area contributed by atoms with Crippen LogP contribution >= 0.6 is 0 Å². The number of β-amino-alcohol motifs (C(OH)–C–C–N with tert-alkyl or cyclic N) is 2. The van der Waals surface area contributed by atoms with E-state index in [4.69, 9.17) is 4.74 Å². The van der Waals surface area contributed by atoms with E-state index in [0.717, 1.165) is 19.4 Å². The van der Waals surface area contributed by atoms with E-state index in [2.05, 4.69) is 4.90 Å². The number of piperidine rings is 1. The van der Waals surface area contributed by atoms with Gasteiger partial charge in [-0.1, -0.05) is 0 Å². The zero-order valence-electron chi connectivity index (χ0n) is 9.78. The Morgan fingerprint density at radius 3 is 2.87 bits per heavy atom. The Hall–Kier alpha value is -0.160. The molecule has 0 aromatic carbocycles. The Morgan fingerprint density at radius 1 is 1.53 bits per heavy atom. The van der Waals surface area contributed by atoms with Crippen LogP contribution in [-0.4, -0.2) is 59.7 Å². The highest BCUT2D eigenvalue weighted by molar-refractivity contribution is 4.83. The first-order chi connectivity index (χ1) is 7.03. The van der Waals surface area contributed by atoms with Crippen LogP contribution in [0.15, 0.2) is 0 Å². The number of hydrogen-bond donors (Lipinski definition) is 2. The van der Waals surface area contributed by atoms with Crippen molar-refractivity contribution in [1.82, 2.24) is 4.90 Å². The van der Waals surface area contributed by atoms with Crippen LogP contribution < -0.4 is 0 Å². The van der Waals surface area contributed by atoms with Gasteiger partial charge in [-0.2, -0.15) is 0 Å². The third kappa shape index (κ3) is 4.93. The Morgan fingerprint density at radius 2 is 2.27 bits per heavy atom. The number of rotatable bonds is 5. The van der Waals surface area contributed by atoms with Crippen LogP contribution in [0.4, 0.5) is 0 Å². The molecule has 0 aromatic rings. The van der Waals surface area contributed by atoms with Gasteiger partial charge in [0.1, 0.15) is 0 Å². The molecule has 4 heteroatoms. The van der Waals surface area contributed by atoms with Crippen LogP contribution in [0, 0.1) is 0 Å². The lowest BCUT2D eigenvalue weighted by molar-refractivity contribution is -0.0394. The highest BCUT2D eigenvalue weighted by Gasteiger charge is 2.28. The maximum absolute atomic E-state index is 9.88. The molecule has 0 saturated carbocycles. The molecule has 2 atom stereocenters. The zero-order valence-corrected chi connectivity index (χ0v) is 9.78. The predicted molar refractivity (Wildman–Crippen MR) is 58.8 cm³/mol. The molecule has 0 spiro atoms. The molecule has 0 aromatic heterocycles. The molecule has 15 heavy (non-hydrogen) atoms. The van der Waals surface area contributed by atoms with Crippen molar-refractivity contribution in [3.05, 3.63) is 0 Å². The third-order valence-electron chi connectivity index (χ3n) is 2.74. The molecule has 1 heterocycles. The van der Waals surface area contributed by atoms with Gasteiger partial charge in [-0.15, -0.1) is 0 Å². The Bertz CT molecular complexity index is 185. The van der Waals surface area contributed by atoms with E-state index in [1.54, 1.807) is 0 Å². The van der Waals surface area contributed by atoms with Crippen molar-refractivity contribution in [3.8, 4) is 0 Å². The molecular weight excluding hydrogens is 194 g/mol. The van der Waals surface area contributed by atoms with Crippen LogP contribution in [0.2, 0.25) is 0 Å². The molecule has 0 aliphatic carbocycles. The lowest BCUT2D eigenvalue weighted by atomic mass is 9.95. The molecule has 1 aliphatic heterocycles. The lowest BCUT2D eigenvalue weighted by Gasteiger charge is -2.37. The summed E-state index contributed by atoms with van der Waals surface area (Å²) in [6.45, 7) is 6.99. The van der Waals surface area contributed by atoms with Crippen molar-refractivity contribution < 1.29 is 14.9 Å². The molecule has 1 saturated heterocycles. The van der Waals surface area contributed by atoms with Crippen LogP contribution in [0.25, 0.3) is 0 Å². The van der Waals surface area contributed by atoms with Crippen molar-refractivity contribution in [2.75, 3.05) is 32.8 Å². The number of hydrogen-bond acceptors (Lipinski definition) is 4. The molecular formula is C11H23NO3. The van der Waals surface area contributed by atoms with E-state index in [-0.39, 0.29) is 0 Å². The average Bonchev–Trinajstić information content (AvgIpc) is 2.13. The molecule has 2 N–H and O–H groups in total. The second-order valence-corrected chi connectivity index (χ2v) is 4.65. The van der Waals surface area contributed by atoms with Crippen molar-refractivity contribution in [2.24, 2.45) is 0 Å². The number of aliphatic hydroxyl groups is 2. The monoisotopic (exact) mass is 217 g/mol. The van der Waals surface area contributed by atoms with Crippen LogP contribution in [0.3, 0.4) is 0 Å². The lowest BCUT2D eigenvalue weighted by Crippen LogP contribution is -2.48. The molecule has 0 radical (unpaired) electrons. The van der Waals surface area contributed by atoms with E-state index >= 15 is 0 Å². The summed E-state index contributed by atoms with van der Waals surface area (Å²) in [5, 5.41) is 19.5. The summed E-state index contributed by atoms with van der Waals surface area (Å²) in [4.78, 5) is 2.10. The minimum atomic E-state index is -0.594. The minimum Gasteiger partial charge on any atom is -0.389 e. The first-order valence-corrected chi connectivity index (χ1v) is 5.74. The number of nitrogens with zero attached hydrogens (tertiary/aromatic N) is 1. The topological polar surface area (TPSA) is 52.9 Å². The van der Waals surface area contributed by atoms with E-state index in [9.17, 15) is 10.2 Å². The smallest absolute Gasteiger partial charge is 0.0900 e. The summed E-state index contributed by atoms with van der Waals surface area (Å²) in [7, 11) is 0. The fourth-order valence-electron chi connectivity index (χ4n) is 2.08. The van der Waals surface area contributed by atoms with Gasteiger partial charge in [-0.25, -0.2) is 0 Å². The van der Waals surface area contributed by atoms with Crippen LogP contribution in [0.5, 0.6) is 0 Å². The van der Waals surface area contributed by atoms with Gasteiger partial charge < -0.3 is 14.9 Å². The summed E-state index contributed by atoms with van der Waals surface area (Å²) in [6, 6.07) is 0. The Kier molecular flexibility index (Phi) is 4.99. The summed E-state index contributed by atoms with van der Waals surface area (Å²) >= 11 is 0. The first-order valence-electron chi connectivity index (χ1n) is 5.74. The highest BCUT2D eigenvalue weighted by atomic mass is 16.5. The maximum Gasteiger partial charge on any atom is 0.0900 e. The SMILES string of the molecule is CCOCC(O)CN1CCCC(C)(O)C1. The summed E-state index contributed by atoms with van der Waals surface area (Å²) in [5.74, 6) is 0. The minimum absolute atomic E-state index is 0.384. The van der Waals surface area contributed by atoms with Crippen molar-refractivity contribution in [3.63, 3.8) is 0 Å². The molecule has 2 unspecified atom stereocenters. The average molecular weight is 217 g/mol. The molecule has 4 nitrogen and oxygen atoms in total. The second-order valence-electron chi connectivity index (χ2n) is 4.65. The van der Waals surface area contributed by atoms with Gasteiger partial charge in [0, 0.05) is 19.7 Å². The molecule has 0 amide bonds. The normalized spacial score (nSPS) is 30.4. The van der Waals surface area contributed by atoms with Crippen molar-refractivity contribution in [1.29, 1.82) is 0 Å². The number of aliphatic hydroxyl groups excluding tert-OH is 1. The largest absolute Gasteiger partial charge is 0.389 e. The second kappa shape index (κ2) is 5.80. The van der Waals surface area contributed by atoms with Crippen LogP contribution in [0.1, 0.15) is 26.7 Å². The fraction of sp³-hybridized carbons (Fsp3) is 1.00. The highest BCUT2D eigenvalue weighted by Crippen LogP contribution is 2.20. The van der Waals surface area contributed by atoms with Gasteiger partial charge in [0.2, 0.25) is 0 Å². The molecule has 1 rings (SSSR count). The number of likely N-dealkylation sites (tertiary alicyclic amines) is 1. The quantitative estimate of drug-likeness (QED) is 0.692. The van der Waals surface area contributed by atoms with Gasteiger partial charge in [-0.3, -0.25) is 4.90 Å². The summed E-state index contributed by atoms with van der Waals surface area (Å²) < 4.78 is 5.15. The molecule has 1 fully saturated rings. The summed E-state index contributed by atoms with van der Waals surface area (Å²) in [5.41, 5.74) is -0.594. The van der Waals surface area contributed by atoms with Crippen molar-refractivity contribution >= 4 is 0 Å². The maximum atomic E-state index is 9.88. The van der Waals surface area contributed by atoms with E-state index in [1.165, 1.54) is 0 Å². The van der Waals surface area contributed by atoms with Gasteiger partial charge in [-0.05, 0) is 33.2 Å². The van der Waals surface area contributed by atoms with Crippen LogP contribution in [-0.2, 0) is 4.74 Å². The Balaban J connectivity index is 2.25. The molecule has 1 aliphatic rings. The van der Waals surface area contributed by atoms with Gasteiger partial charge in [0.25, 0.3) is 0 Å². The summed E-state index contributed by atoms with van der Waals surface area (Å²) in [6.07, 6.45) is 1.40. The predicted octanol–water partition coefficient (Wildman–Crippen LogP) is 0.231. The fourth-order valence-corrected chi connectivity index (χ4v) is 2.08. The zero-order chi connectivity index (χ0) is 11.3. The van der Waals surface area contributed by atoms with Gasteiger partial charge >= 0.3 is 0 Å². The van der Waals surface area contributed by atoms with Gasteiger partial charge in [0.05, 0.1) is 18.3 Å². The van der Waals surface area contributed by atoms with E-state index in [1.807, 2.05) is 13.8 Å². The first kappa shape index (κ1) is 12.9.